The molecule has 0 atom stereocenters. The van der Waals surface area contributed by atoms with Crippen molar-refractivity contribution in [2.45, 2.75) is 56.9 Å². The van der Waals surface area contributed by atoms with E-state index in [0.717, 1.165) is 25.7 Å². The van der Waals surface area contributed by atoms with Crippen LogP contribution in [0.4, 0.5) is 22.0 Å². The van der Waals surface area contributed by atoms with E-state index in [1.165, 1.54) is 4.72 Å². The Kier molecular flexibility index (Phi) is 7.20. The molecule has 0 unspecified atom stereocenters. The van der Waals surface area contributed by atoms with E-state index in [1.807, 2.05) is 6.92 Å². The first-order valence-electron chi connectivity index (χ1n) is 6.00. The molecule has 0 aromatic heterocycles. The summed E-state index contributed by atoms with van der Waals surface area (Å²) in [6.07, 6.45) is -1.54. The van der Waals surface area contributed by atoms with Crippen LogP contribution >= 0.6 is 0 Å². The second-order valence-electron chi connectivity index (χ2n) is 4.18. The molecule has 0 heterocycles. The number of nitrogens with one attached hydrogen (secondary N) is 1. The van der Waals surface area contributed by atoms with Crippen LogP contribution < -0.4 is 4.72 Å². The molecular weight excluding hydrogens is 293 g/mol. The Hall–Kier alpha value is -0.440. The molecule has 0 aromatic carbocycles. The van der Waals surface area contributed by atoms with Gasteiger partial charge in [0.05, 0.1) is 0 Å². The third-order valence-corrected chi connectivity index (χ3v) is 3.98. The Morgan fingerprint density at radius 3 is 1.84 bits per heavy atom. The highest BCUT2D eigenvalue weighted by atomic mass is 32.2. The zero-order valence-electron chi connectivity index (χ0n) is 10.6. The normalized spacial score (nSPS) is 13.8. The maximum absolute atomic E-state index is 12.6. The number of halogens is 5. The molecule has 19 heavy (non-hydrogen) atoms. The highest BCUT2D eigenvalue weighted by Gasteiger charge is 2.67. The average molecular weight is 311 g/mol. The molecule has 0 spiro atoms. The second-order valence-corrected chi connectivity index (χ2v) is 5.99. The van der Waals surface area contributed by atoms with Crippen molar-refractivity contribution in [3.63, 3.8) is 0 Å². The van der Waals surface area contributed by atoms with Crippen molar-refractivity contribution in [3.05, 3.63) is 0 Å². The van der Waals surface area contributed by atoms with E-state index in [-0.39, 0.29) is 6.42 Å². The first-order chi connectivity index (χ1) is 8.56. The van der Waals surface area contributed by atoms with Crippen LogP contribution in [-0.4, -0.2) is 26.4 Å². The van der Waals surface area contributed by atoms with Crippen molar-refractivity contribution in [1.29, 1.82) is 0 Å². The van der Waals surface area contributed by atoms with Gasteiger partial charge in [0.1, 0.15) is 0 Å². The van der Waals surface area contributed by atoms with E-state index in [4.69, 9.17) is 0 Å². The fraction of sp³-hybridized carbons (Fsp3) is 1.00. The third kappa shape index (κ3) is 5.60. The topological polar surface area (TPSA) is 46.2 Å². The maximum atomic E-state index is 12.6. The van der Waals surface area contributed by atoms with E-state index < -0.39 is 28.0 Å². The number of sulfonamides is 1. The molecule has 0 amide bonds. The monoisotopic (exact) mass is 311 g/mol. The molecule has 9 heteroatoms. The molecule has 0 aliphatic heterocycles. The highest BCUT2D eigenvalue weighted by molar-refractivity contribution is 7.90. The Morgan fingerprint density at radius 2 is 1.37 bits per heavy atom. The largest absolute Gasteiger partial charge is 0.470 e. The lowest BCUT2D eigenvalue weighted by Crippen LogP contribution is -2.50. The van der Waals surface area contributed by atoms with Crippen LogP contribution in [0.3, 0.4) is 0 Å². The van der Waals surface area contributed by atoms with Gasteiger partial charge in [0.2, 0.25) is 0 Å². The summed E-state index contributed by atoms with van der Waals surface area (Å²) < 4.78 is 83.8. The van der Waals surface area contributed by atoms with Gasteiger partial charge in [-0.25, -0.2) is 13.1 Å². The molecule has 0 fully saturated rings. The van der Waals surface area contributed by atoms with Gasteiger partial charge in [-0.3, -0.25) is 0 Å². The zero-order chi connectivity index (χ0) is 15.2. The molecule has 116 valence electrons. The number of rotatable bonds is 9. The van der Waals surface area contributed by atoms with Gasteiger partial charge in [-0.2, -0.15) is 22.0 Å². The minimum Gasteiger partial charge on any atom is -0.210 e. The molecule has 0 aliphatic carbocycles. The van der Waals surface area contributed by atoms with Crippen molar-refractivity contribution in [1.82, 2.24) is 4.72 Å². The van der Waals surface area contributed by atoms with Crippen molar-refractivity contribution in [2.75, 3.05) is 6.54 Å². The first kappa shape index (κ1) is 18.6. The van der Waals surface area contributed by atoms with Crippen molar-refractivity contribution in [3.8, 4) is 0 Å². The Labute approximate surface area is 109 Å². The fourth-order valence-corrected chi connectivity index (χ4v) is 2.25. The SMILES string of the molecule is CCCCCCCCNS(=O)(=O)C(F)(F)C(F)(F)F. The number of hydrogen-bond donors (Lipinski definition) is 1. The average Bonchev–Trinajstić information content (AvgIpc) is 2.26. The molecule has 0 rings (SSSR count). The van der Waals surface area contributed by atoms with Crippen LogP contribution in [0.5, 0.6) is 0 Å². The minimum absolute atomic E-state index is 0.233. The van der Waals surface area contributed by atoms with Crippen LogP contribution in [0.15, 0.2) is 0 Å². The lowest BCUT2D eigenvalue weighted by atomic mass is 10.1. The highest BCUT2D eigenvalue weighted by Crippen LogP contribution is 2.39. The van der Waals surface area contributed by atoms with Crippen LogP contribution in [0.25, 0.3) is 0 Å². The van der Waals surface area contributed by atoms with E-state index in [0.29, 0.717) is 6.42 Å². The number of alkyl halides is 5. The van der Waals surface area contributed by atoms with Gasteiger partial charge in [0.25, 0.3) is 10.0 Å². The Morgan fingerprint density at radius 1 is 0.895 bits per heavy atom. The molecule has 0 bridgehead atoms. The molecule has 1 N–H and O–H groups in total. The molecule has 0 saturated heterocycles. The predicted molar refractivity (Wildman–Crippen MR) is 61.3 cm³/mol. The summed E-state index contributed by atoms with van der Waals surface area (Å²) >= 11 is 0. The summed E-state index contributed by atoms with van der Waals surface area (Å²) in [5.74, 6) is 0. The predicted octanol–water partition coefficient (Wildman–Crippen LogP) is 3.42. The quantitative estimate of drug-likeness (QED) is 0.524. The second kappa shape index (κ2) is 7.37. The van der Waals surface area contributed by atoms with Crippen LogP contribution in [0, 0.1) is 0 Å². The smallest absolute Gasteiger partial charge is 0.210 e. The molecular formula is C10H18F5NO2S. The van der Waals surface area contributed by atoms with Crippen molar-refractivity contribution >= 4 is 10.0 Å². The molecule has 0 aliphatic rings. The van der Waals surface area contributed by atoms with Gasteiger partial charge in [0, 0.05) is 6.54 Å². The lowest BCUT2D eigenvalue weighted by Gasteiger charge is -2.19. The number of unbranched alkanes of at least 4 members (excludes halogenated alkanes) is 5. The van der Waals surface area contributed by atoms with Gasteiger partial charge in [-0.1, -0.05) is 39.0 Å². The Balaban J connectivity index is 4.12. The fourth-order valence-electron chi connectivity index (χ4n) is 1.35. The van der Waals surface area contributed by atoms with Crippen molar-refractivity contribution in [2.24, 2.45) is 0 Å². The zero-order valence-corrected chi connectivity index (χ0v) is 11.4. The van der Waals surface area contributed by atoms with E-state index in [2.05, 4.69) is 0 Å². The summed E-state index contributed by atoms with van der Waals surface area (Å²) in [4.78, 5) is 0. The first-order valence-corrected chi connectivity index (χ1v) is 7.48. The minimum atomic E-state index is -6.11. The summed E-state index contributed by atoms with van der Waals surface area (Å²) in [6.45, 7) is 1.59. The summed E-state index contributed by atoms with van der Waals surface area (Å²) in [6, 6.07) is 0. The molecule has 0 saturated carbocycles. The van der Waals surface area contributed by atoms with Gasteiger partial charge >= 0.3 is 11.4 Å². The molecule has 3 nitrogen and oxygen atoms in total. The van der Waals surface area contributed by atoms with Gasteiger partial charge < -0.3 is 0 Å². The number of hydrogen-bond acceptors (Lipinski definition) is 2. The lowest BCUT2D eigenvalue weighted by molar-refractivity contribution is -0.241. The molecule has 0 aromatic rings. The van der Waals surface area contributed by atoms with E-state index >= 15 is 0 Å². The van der Waals surface area contributed by atoms with E-state index in [1.54, 1.807) is 0 Å². The van der Waals surface area contributed by atoms with Crippen LogP contribution in [0.2, 0.25) is 0 Å². The van der Waals surface area contributed by atoms with Gasteiger partial charge in [0.15, 0.2) is 0 Å². The van der Waals surface area contributed by atoms with Gasteiger partial charge in [-0.05, 0) is 6.42 Å². The van der Waals surface area contributed by atoms with Gasteiger partial charge in [-0.15, -0.1) is 0 Å². The Bertz CT molecular complexity index is 353. The van der Waals surface area contributed by atoms with Crippen molar-refractivity contribution < 1.29 is 30.4 Å². The summed E-state index contributed by atoms with van der Waals surface area (Å²) in [7, 11) is -5.72. The third-order valence-electron chi connectivity index (χ3n) is 2.49. The standard InChI is InChI=1S/C10H18F5NO2S/c1-2-3-4-5-6-7-8-16-19(17,18)10(14,15)9(11,12)13/h16H,2-8H2,1H3. The van der Waals surface area contributed by atoms with Crippen LogP contribution in [0.1, 0.15) is 45.4 Å². The van der Waals surface area contributed by atoms with Crippen LogP contribution in [-0.2, 0) is 10.0 Å². The summed E-state index contributed by atoms with van der Waals surface area (Å²) in [5, 5.41) is -5.76. The summed E-state index contributed by atoms with van der Waals surface area (Å²) in [5.41, 5.74) is 0. The van der Waals surface area contributed by atoms with E-state index in [9.17, 15) is 30.4 Å². The molecule has 0 radical (unpaired) electrons. The maximum Gasteiger partial charge on any atom is 0.470 e.